The molecule has 1 heterocycles. The van der Waals surface area contributed by atoms with Crippen molar-refractivity contribution in [1.29, 1.82) is 0 Å². The van der Waals surface area contributed by atoms with Crippen LogP contribution in [0.2, 0.25) is 0 Å². The van der Waals surface area contributed by atoms with Crippen molar-refractivity contribution < 1.29 is 22.7 Å². The summed E-state index contributed by atoms with van der Waals surface area (Å²) in [5.74, 6) is -2.51. The van der Waals surface area contributed by atoms with Gasteiger partial charge in [-0.3, -0.25) is 0 Å². The molecule has 0 saturated heterocycles. The molecule has 3 nitrogen and oxygen atoms in total. The third-order valence-electron chi connectivity index (χ3n) is 1.93. The molecule has 0 saturated carbocycles. The third-order valence-corrected chi connectivity index (χ3v) is 2.22. The van der Waals surface area contributed by atoms with E-state index in [1.165, 1.54) is 0 Å². The zero-order chi connectivity index (χ0) is 13.0. The lowest BCUT2D eigenvalue weighted by Crippen LogP contribution is -2.13. The van der Waals surface area contributed by atoms with E-state index in [-0.39, 0.29) is 23.7 Å². The first-order chi connectivity index (χ1) is 8.01. The van der Waals surface area contributed by atoms with Gasteiger partial charge >= 0.3 is 5.97 Å². The van der Waals surface area contributed by atoms with E-state index in [2.05, 4.69) is 9.72 Å². The van der Waals surface area contributed by atoms with Gasteiger partial charge in [0.05, 0.1) is 12.2 Å². The number of carbonyl (C=O) groups excluding carboxylic acids is 1. The van der Waals surface area contributed by atoms with E-state index in [1.807, 2.05) is 0 Å². The van der Waals surface area contributed by atoms with Crippen LogP contribution in [0.4, 0.5) is 13.2 Å². The van der Waals surface area contributed by atoms with Gasteiger partial charge in [0.1, 0.15) is 0 Å². The van der Waals surface area contributed by atoms with Crippen molar-refractivity contribution in [3.05, 3.63) is 28.8 Å². The summed E-state index contributed by atoms with van der Waals surface area (Å²) < 4.78 is 42.6. The van der Waals surface area contributed by atoms with Gasteiger partial charge in [-0.05, 0) is 13.0 Å². The number of aromatic nitrogens is 1. The largest absolute Gasteiger partial charge is 0.461 e. The molecule has 0 N–H and O–H groups in total. The second kappa shape index (κ2) is 5.86. The summed E-state index contributed by atoms with van der Waals surface area (Å²) in [7, 11) is 0. The second-order valence-corrected chi connectivity index (χ2v) is 3.30. The average Bonchev–Trinajstić information content (AvgIpc) is 2.28. The van der Waals surface area contributed by atoms with Crippen LogP contribution >= 0.6 is 11.6 Å². The number of esters is 1. The zero-order valence-electron chi connectivity index (χ0n) is 8.84. The van der Waals surface area contributed by atoms with Gasteiger partial charge < -0.3 is 4.74 Å². The van der Waals surface area contributed by atoms with Crippen molar-refractivity contribution >= 4 is 17.6 Å². The summed E-state index contributed by atoms with van der Waals surface area (Å²) in [5.41, 5.74) is -1.24. The van der Waals surface area contributed by atoms with E-state index < -0.39 is 23.9 Å². The first-order valence-electron chi connectivity index (χ1n) is 4.71. The number of hydrogen-bond donors (Lipinski definition) is 0. The van der Waals surface area contributed by atoms with Crippen LogP contribution in [0, 0.1) is 5.95 Å². The Hall–Kier alpha value is -1.30. The summed E-state index contributed by atoms with van der Waals surface area (Å²) in [6.45, 7) is 1.63. The molecule has 0 aliphatic heterocycles. The van der Waals surface area contributed by atoms with Gasteiger partial charge in [-0.2, -0.15) is 4.39 Å². The van der Waals surface area contributed by atoms with Crippen LogP contribution in [-0.2, 0) is 10.6 Å². The Morgan fingerprint density at radius 2 is 2.24 bits per heavy atom. The number of pyridine rings is 1. The molecule has 0 radical (unpaired) electrons. The van der Waals surface area contributed by atoms with E-state index in [4.69, 9.17) is 11.6 Å². The second-order valence-electron chi connectivity index (χ2n) is 3.03. The standard InChI is InChI=1S/C10H9ClF3NO2/c1-2-17-10(16)7-5(4-11)3-6(8(12)13)9(14)15-7/h3,8H,2,4H2,1H3. The highest BCUT2D eigenvalue weighted by Gasteiger charge is 2.22. The molecule has 0 amide bonds. The molecule has 0 spiro atoms. The maximum Gasteiger partial charge on any atom is 0.357 e. The molecular formula is C10H9ClF3NO2. The van der Waals surface area contributed by atoms with Crippen LogP contribution in [0.5, 0.6) is 0 Å². The molecule has 1 rings (SSSR count). The maximum absolute atomic E-state index is 13.2. The Morgan fingerprint density at radius 3 is 2.71 bits per heavy atom. The maximum atomic E-state index is 13.2. The van der Waals surface area contributed by atoms with Crippen molar-refractivity contribution in [2.24, 2.45) is 0 Å². The van der Waals surface area contributed by atoms with Crippen LogP contribution in [-0.4, -0.2) is 17.6 Å². The van der Waals surface area contributed by atoms with E-state index in [1.54, 1.807) is 6.92 Å². The first kappa shape index (κ1) is 13.8. The van der Waals surface area contributed by atoms with Gasteiger partial charge in [-0.25, -0.2) is 18.6 Å². The fourth-order valence-corrected chi connectivity index (χ4v) is 1.38. The Labute approximate surface area is 101 Å². The predicted octanol–water partition coefficient (Wildman–Crippen LogP) is 3.07. The molecule has 0 atom stereocenters. The topological polar surface area (TPSA) is 39.2 Å². The molecule has 17 heavy (non-hydrogen) atoms. The Kier molecular flexibility index (Phi) is 4.74. The summed E-state index contributed by atoms with van der Waals surface area (Å²) in [6, 6.07) is 0.826. The van der Waals surface area contributed by atoms with Crippen molar-refractivity contribution in [2.75, 3.05) is 6.61 Å². The zero-order valence-corrected chi connectivity index (χ0v) is 9.60. The van der Waals surface area contributed by atoms with E-state index in [0.29, 0.717) is 0 Å². The Balaban J connectivity index is 3.23. The fourth-order valence-electron chi connectivity index (χ4n) is 1.18. The minimum absolute atomic E-state index is 0.0156. The molecule has 94 valence electrons. The number of rotatable bonds is 4. The van der Waals surface area contributed by atoms with Crippen LogP contribution in [0.3, 0.4) is 0 Å². The molecule has 0 aromatic carbocycles. The predicted molar refractivity (Wildman–Crippen MR) is 54.7 cm³/mol. The highest BCUT2D eigenvalue weighted by molar-refractivity contribution is 6.17. The summed E-state index contributed by atoms with van der Waals surface area (Å²) in [4.78, 5) is 14.5. The van der Waals surface area contributed by atoms with Crippen molar-refractivity contribution in [3.63, 3.8) is 0 Å². The molecule has 0 aliphatic rings. The normalized spacial score (nSPS) is 10.7. The SMILES string of the molecule is CCOC(=O)c1nc(F)c(C(F)F)cc1CCl. The van der Waals surface area contributed by atoms with E-state index in [0.717, 1.165) is 6.07 Å². The lowest BCUT2D eigenvalue weighted by atomic mass is 10.1. The highest BCUT2D eigenvalue weighted by atomic mass is 35.5. The van der Waals surface area contributed by atoms with Gasteiger partial charge in [0, 0.05) is 11.4 Å². The molecular weight excluding hydrogens is 259 g/mol. The number of ether oxygens (including phenoxy) is 1. The average molecular weight is 268 g/mol. The molecule has 7 heteroatoms. The molecule has 0 fully saturated rings. The Morgan fingerprint density at radius 1 is 1.59 bits per heavy atom. The molecule has 1 aromatic rings. The van der Waals surface area contributed by atoms with Crippen molar-refractivity contribution in [2.45, 2.75) is 19.2 Å². The monoisotopic (exact) mass is 267 g/mol. The first-order valence-corrected chi connectivity index (χ1v) is 5.25. The molecule has 0 aliphatic carbocycles. The summed E-state index contributed by atoms with van der Waals surface area (Å²) in [5, 5.41) is 0. The van der Waals surface area contributed by atoms with E-state index in [9.17, 15) is 18.0 Å². The van der Waals surface area contributed by atoms with Gasteiger partial charge in [-0.15, -0.1) is 11.6 Å². The van der Waals surface area contributed by atoms with E-state index >= 15 is 0 Å². The Bertz CT molecular complexity index is 426. The number of alkyl halides is 3. The molecule has 0 bridgehead atoms. The number of nitrogens with zero attached hydrogens (tertiary/aromatic N) is 1. The van der Waals surface area contributed by atoms with Crippen molar-refractivity contribution in [1.82, 2.24) is 4.98 Å². The quantitative estimate of drug-likeness (QED) is 0.478. The number of carbonyl (C=O) groups is 1. The smallest absolute Gasteiger partial charge is 0.357 e. The van der Waals surface area contributed by atoms with Gasteiger partial charge in [-0.1, -0.05) is 0 Å². The lowest BCUT2D eigenvalue weighted by molar-refractivity contribution is 0.0515. The molecule has 1 aromatic heterocycles. The van der Waals surface area contributed by atoms with Crippen molar-refractivity contribution in [3.8, 4) is 0 Å². The number of hydrogen-bond acceptors (Lipinski definition) is 3. The molecule has 0 unspecified atom stereocenters. The minimum atomic E-state index is -3.01. The van der Waals surface area contributed by atoms with Gasteiger partial charge in [0.25, 0.3) is 6.43 Å². The van der Waals surface area contributed by atoms with Crippen LogP contribution in [0.15, 0.2) is 6.07 Å². The fraction of sp³-hybridized carbons (Fsp3) is 0.400. The number of halogens is 4. The van der Waals surface area contributed by atoms with Gasteiger partial charge in [0.15, 0.2) is 5.69 Å². The third kappa shape index (κ3) is 3.09. The highest BCUT2D eigenvalue weighted by Crippen LogP contribution is 2.24. The minimum Gasteiger partial charge on any atom is -0.461 e. The van der Waals surface area contributed by atoms with Gasteiger partial charge in [0.2, 0.25) is 5.95 Å². The van der Waals surface area contributed by atoms with Crippen LogP contribution in [0.1, 0.15) is 35.0 Å². The summed E-state index contributed by atoms with van der Waals surface area (Å²) in [6.07, 6.45) is -3.01. The lowest BCUT2D eigenvalue weighted by Gasteiger charge is -2.08. The summed E-state index contributed by atoms with van der Waals surface area (Å²) >= 11 is 5.49. The van der Waals surface area contributed by atoms with Crippen LogP contribution < -0.4 is 0 Å². The van der Waals surface area contributed by atoms with Crippen LogP contribution in [0.25, 0.3) is 0 Å².